The van der Waals surface area contributed by atoms with Crippen LogP contribution in [-0.2, 0) is 9.59 Å². The van der Waals surface area contributed by atoms with Crippen molar-refractivity contribution in [1.29, 1.82) is 0 Å². The summed E-state index contributed by atoms with van der Waals surface area (Å²) in [6.07, 6.45) is 1.90. The van der Waals surface area contributed by atoms with Crippen LogP contribution in [0.1, 0.15) is 38.2 Å². The number of amides is 2. The maximum Gasteiger partial charge on any atom is 0.243 e. The van der Waals surface area contributed by atoms with Crippen LogP contribution in [0.4, 0.5) is 5.69 Å². The Morgan fingerprint density at radius 3 is 2.58 bits per heavy atom. The predicted octanol–water partition coefficient (Wildman–Crippen LogP) is 2.27. The van der Waals surface area contributed by atoms with Gasteiger partial charge in [-0.2, -0.15) is 0 Å². The summed E-state index contributed by atoms with van der Waals surface area (Å²) >= 11 is 0. The minimum atomic E-state index is -0.179. The first-order valence-corrected chi connectivity index (χ1v) is 6.74. The van der Waals surface area contributed by atoms with Gasteiger partial charge in [-0.1, -0.05) is 32.0 Å². The van der Waals surface area contributed by atoms with Crippen LogP contribution < -0.4 is 10.6 Å². The molecule has 0 radical (unpaired) electrons. The lowest BCUT2D eigenvalue weighted by atomic mass is 10.0. The van der Waals surface area contributed by atoms with E-state index in [-0.39, 0.29) is 24.3 Å². The topological polar surface area (TPSA) is 58.2 Å². The highest BCUT2D eigenvalue weighted by atomic mass is 16.2. The van der Waals surface area contributed by atoms with E-state index in [4.69, 9.17) is 0 Å². The molecule has 0 aliphatic heterocycles. The van der Waals surface area contributed by atoms with E-state index in [2.05, 4.69) is 24.5 Å². The molecule has 0 bridgehead atoms. The largest absolute Gasteiger partial charge is 0.347 e. The quantitative estimate of drug-likeness (QED) is 0.853. The average Bonchev–Trinajstić information content (AvgIpc) is 3.20. The summed E-state index contributed by atoms with van der Waals surface area (Å²) in [7, 11) is 0. The number of hydrogen-bond acceptors (Lipinski definition) is 2. The van der Waals surface area contributed by atoms with Gasteiger partial charge in [-0.05, 0) is 30.4 Å². The summed E-state index contributed by atoms with van der Waals surface area (Å²) in [5.74, 6) is 0.294. The second kappa shape index (κ2) is 5.87. The molecule has 2 N–H and O–H groups in total. The molecule has 1 aromatic rings. The van der Waals surface area contributed by atoms with Crippen LogP contribution in [0.3, 0.4) is 0 Å². The molecule has 0 atom stereocenters. The number of rotatable bonds is 5. The first-order valence-electron chi connectivity index (χ1n) is 6.74. The molecule has 19 heavy (non-hydrogen) atoms. The molecule has 2 rings (SSSR count). The van der Waals surface area contributed by atoms with Gasteiger partial charge in [0.15, 0.2) is 0 Å². The highest BCUT2D eigenvalue weighted by Gasteiger charge is 2.29. The van der Waals surface area contributed by atoms with Crippen molar-refractivity contribution in [3.8, 4) is 0 Å². The maximum absolute atomic E-state index is 11.8. The van der Waals surface area contributed by atoms with Crippen molar-refractivity contribution in [2.75, 3.05) is 11.9 Å². The van der Waals surface area contributed by atoms with Gasteiger partial charge in [0.1, 0.15) is 0 Å². The van der Waals surface area contributed by atoms with Crippen molar-refractivity contribution < 1.29 is 9.59 Å². The molecule has 0 aromatic heterocycles. The number of nitrogens with one attached hydrogen (secondary N) is 2. The Hall–Kier alpha value is -1.84. The lowest BCUT2D eigenvalue weighted by Gasteiger charge is -2.13. The number of carbonyl (C=O) groups excluding carboxylic acids is 2. The van der Waals surface area contributed by atoms with Gasteiger partial charge in [-0.25, -0.2) is 0 Å². The molecule has 1 fully saturated rings. The molecule has 1 saturated carbocycles. The van der Waals surface area contributed by atoms with Crippen LogP contribution in [-0.4, -0.2) is 18.4 Å². The Labute approximate surface area is 113 Å². The molecule has 0 heterocycles. The van der Waals surface area contributed by atoms with Crippen LogP contribution in [0, 0.1) is 5.92 Å². The number of carbonyl (C=O) groups is 2. The zero-order valence-electron chi connectivity index (χ0n) is 11.4. The van der Waals surface area contributed by atoms with E-state index in [0.29, 0.717) is 5.92 Å². The standard InChI is InChI=1S/C15H20N2O2/c1-10(2)12-5-3-4-6-13(12)17-14(18)9-16-15(19)11-7-8-11/h3-6,10-11H,7-9H2,1-2H3,(H,16,19)(H,17,18). The lowest BCUT2D eigenvalue weighted by molar-refractivity contribution is -0.125. The Balaban J connectivity index is 1.89. The summed E-state index contributed by atoms with van der Waals surface area (Å²) in [5, 5.41) is 5.52. The molecule has 0 saturated heterocycles. The minimum absolute atomic E-state index is 0.00713. The third kappa shape index (κ3) is 3.81. The minimum Gasteiger partial charge on any atom is -0.347 e. The average molecular weight is 260 g/mol. The normalized spacial score (nSPS) is 14.3. The number of hydrogen-bond donors (Lipinski definition) is 2. The fraction of sp³-hybridized carbons (Fsp3) is 0.467. The van der Waals surface area contributed by atoms with Gasteiger partial charge in [0.05, 0.1) is 6.54 Å². The highest BCUT2D eigenvalue weighted by Crippen LogP contribution is 2.28. The van der Waals surface area contributed by atoms with Crippen molar-refractivity contribution in [2.45, 2.75) is 32.6 Å². The Morgan fingerprint density at radius 2 is 1.95 bits per heavy atom. The van der Waals surface area contributed by atoms with Crippen molar-refractivity contribution in [3.05, 3.63) is 29.8 Å². The van der Waals surface area contributed by atoms with E-state index in [0.717, 1.165) is 24.1 Å². The van der Waals surface area contributed by atoms with Gasteiger partial charge < -0.3 is 10.6 Å². The van der Waals surface area contributed by atoms with Crippen molar-refractivity contribution >= 4 is 17.5 Å². The molecule has 0 unspecified atom stereocenters. The van der Waals surface area contributed by atoms with Gasteiger partial charge in [-0.3, -0.25) is 9.59 Å². The maximum atomic E-state index is 11.8. The fourth-order valence-electron chi connectivity index (χ4n) is 1.97. The second-order valence-electron chi connectivity index (χ2n) is 5.28. The molecule has 1 aliphatic rings. The zero-order valence-corrected chi connectivity index (χ0v) is 11.4. The van der Waals surface area contributed by atoms with E-state index in [1.165, 1.54) is 0 Å². The first kappa shape index (κ1) is 13.6. The Kier molecular flexibility index (Phi) is 4.20. The van der Waals surface area contributed by atoms with Crippen LogP contribution in [0.15, 0.2) is 24.3 Å². The fourth-order valence-corrected chi connectivity index (χ4v) is 1.97. The van der Waals surface area contributed by atoms with Gasteiger partial charge in [-0.15, -0.1) is 0 Å². The molecule has 102 valence electrons. The molecule has 1 aromatic carbocycles. The molecule has 0 spiro atoms. The van der Waals surface area contributed by atoms with Crippen molar-refractivity contribution in [3.63, 3.8) is 0 Å². The van der Waals surface area contributed by atoms with Crippen LogP contribution in [0.25, 0.3) is 0 Å². The molecule has 4 heteroatoms. The van der Waals surface area contributed by atoms with E-state index < -0.39 is 0 Å². The summed E-state index contributed by atoms with van der Waals surface area (Å²) in [5.41, 5.74) is 1.92. The van der Waals surface area contributed by atoms with Gasteiger partial charge in [0, 0.05) is 11.6 Å². The zero-order chi connectivity index (χ0) is 13.8. The number of benzene rings is 1. The van der Waals surface area contributed by atoms with Crippen LogP contribution in [0.2, 0.25) is 0 Å². The highest BCUT2D eigenvalue weighted by molar-refractivity contribution is 5.95. The van der Waals surface area contributed by atoms with E-state index in [9.17, 15) is 9.59 Å². The van der Waals surface area contributed by atoms with E-state index in [1.54, 1.807) is 0 Å². The molecule has 4 nitrogen and oxygen atoms in total. The predicted molar refractivity (Wildman–Crippen MR) is 74.9 cm³/mol. The van der Waals surface area contributed by atoms with Crippen LogP contribution in [0.5, 0.6) is 0 Å². The molecular formula is C15H20N2O2. The molecule has 1 aliphatic carbocycles. The summed E-state index contributed by atoms with van der Waals surface area (Å²) < 4.78 is 0. The SMILES string of the molecule is CC(C)c1ccccc1NC(=O)CNC(=O)C1CC1. The van der Waals surface area contributed by atoms with Crippen molar-refractivity contribution in [2.24, 2.45) is 5.92 Å². The summed E-state index contributed by atoms with van der Waals surface area (Å²) in [4.78, 5) is 23.3. The third-order valence-electron chi connectivity index (χ3n) is 3.23. The number of anilines is 1. The van der Waals surface area contributed by atoms with Gasteiger partial charge >= 0.3 is 0 Å². The smallest absolute Gasteiger partial charge is 0.243 e. The van der Waals surface area contributed by atoms with Crippen LogP contribution >= 0.6 is 0 Å². The van der Waals surface area contributed by atoms with E-state index >= 15 is 0 Å². The van der Waals surface area contributed by atoms with Crippen molar-refractivity contribution in [1.82, 2.24) is 5.32 Å². The third-order valence-corrected chi connectivity index (χ3v) is 3.23. The number of para-hydroxylation sites is 1. The van der Waals surface area contributed by atoms with Gasteiger partial charge in [0.25, 0.3) is 0 Å². The monoisotopic (exact) mass is 260 g/mol. The molecule has 2 amide bonds. The van der Waals surface area contributed by atoms with E-state index in [1.807, 2.05) is 24.3 Å². The summed E-state index contributed by atoms with van der Waals surface area (Å²) in [6, 6.07) is 7.74. The Bertz CT molecular complexity index is 479. The molecular weight excluding hydrogens is 240 g/mol. The van der Waals surface area contributed by atoms with Gasteiger partial charge in [0.2, 0.25) is 11.8 Å². The first-order chi connectivity index (χ1) is 9.08. The summed E-state index contributed by atoms with van der Waals surface area (Å²) in [6.45, 7) is 4.21. The Morgan fingerprint density at radius 1 is 1.26 bits per heavy atom. The lowest BCUT2D eigenvalue weighted by Crippen LogP contribution is -2.33. The second-order valence-corrected chi connectivity index (χ2v) is 5.28.